The highest BCUT2D eigenvalue weighted by atomic mass is 15.3. The largest absolute Gasteiger partial charge is 0.373 e. The highest BCUT2D eigenvalue weighted by molar-refractivity contribution is 5.72. The molecule has 3 heterocycles. The molecule has 0 unspecified atom stereocenters. The summed E-state index contributed by atoms with van der Waals surface area (Å²) in [7, 11) is 3.74. The van der Waals surface area contributed by atoms with Crippen molar-refractivity contribution < 1.29 is 0 Å². The normalized spacial score (nSPS) is 10.5. The van der Waals surface area contributed by atoms with Crippen LogP contribution in [-0.2, 0) is 7.05 Å². The lowest BCUT2D eigenvalue weighted by molar-refractivity contribution is 0.775. The van der Waals surface area contributed by atoms with Gasteiger partial charge in [-0.25, -0.2) is 9.97 Å². The maximum atomic E-state index is 4.54. The highest BCUT2D eigenvalue weighted by Gasteiger charge is 2.11. The highest BCUT2D eigenvalue weighted by Crippen LogP contribution is 2.26. The number of nitrogens with one attached hydrogen (secondary N) is 2. The molecular weight excluding hydrogens is 278 g/mol. The quantitative estimate of drug-likeness (QED) is 0.769. The maximum Gasteiger partial charge on any atom is 0.227 e. The van der Waals surface area contributed by atoms with E-state index in [0.29, 0.717) is 5.95 Å². The van der Waals surface area contributed by atoms with E-state index in [-0.39, 0.29) is 0 Å². The zero-order valence-corrected chi connectivity index (χ0v) is 12.7. The first-order chi connectivity index (χ1) is 10.7. The van der Waals surface area contributed by atoms with Crippen molar-refractivity contribution in [3.8, 4) is 11.3 Å². The second-order valence-corrected chi connectivity index (χ2v) is 4.86. The second-order valence-electron chi connectivity index (χ2n) is 4.86. The first-order valence-corrected chi connectivity index (χ1v) is 6.90. The lowest BCUT2D eigenvalue weighted by atomic mass is 10.2. The summed E-state index contributed by atoms with van der Waals surface area (Å²) in [5, 5.41) is 10.5. The summed E-state index contributed by atoms with van der Waals surface area (Å²) < 4.78 is 1.77. The van der Waals surface area contributed by atoms with Crippen LogP contribution in [0.5, 0.6) is 0 Å². The van der Waals surface area contributed by atoms with Crippen LogP contribution in [0.3, 0.4) is 0 Å². The lowest BCUT2D eigenvalue weighted by Gasteiger charge is -2.07. The minimum atomic E-state index is 0.522. The smallest absolute Gasteiger partial charge is 0.227 e. The second kappa shape index (κ2) is 5.80. The molecule has 22 heavy (non-hydrogen) atoms. The van der Waals surface area contributed by atoms with Gasteiger partial charge in [0.1, 0.15) is 5.82 Å². The van der Waals surface area contributed by atoms with Crippen molar-refractivity contribution in [3.05, 3.63) is 42.5 Å². The molecule has 0 radical (unpaired) electrons. The van der Waals surface area contributed by atoms with E-state index in [0.717, 1.165) is 28.5 Å². The van der Waals surface area contributed by atoms with Gasteiger partial charge in [-0.05, 0) is 25.1 Å². The molecule has 0 spiro atoms. The van der Waals surface area contributed by atoms with Gasteiger partial charge in [0.15, 0.2) is 0 Å². The molecule has 0 saturated heterocycles. The van der Waals surface area contributed by atoms with Crippen LogP contribution >= 0.6 is 0 Å². The predicted octanol–water partition coefficient (Wildman–Crippen LogP) is 2.37. The Labute approximate surface area is 128 Å². The molecule has 0 amide bonds. The third kappa shape index (κ3) is 2.73. The van der Waals surface area contributed by atoms with Gasteiger partial charge in [-0.1, -0.05) is 0 Å². The first-order valence-electron chi connectivity index (χ1n) is 6.90. The number of hydrogen-bond acceptors (Lipinski definition) is 6. The maximum absolute atomic E-state index is 4.54. The number of pyridine rings is 1. The van der Waals surface area contributed by atoms with Crippen molar-refractivity contribution >= 4 is 17.5 Å². The summed E-state index contributed by atoms with van der Waals surface area (Å²) in [4.78, 5) is 13.0. The van der Waals surface area contributed by atoms with E-state index >= 15 is 0 Å². The van der Waals surface area contributed by atoms with E-state index in [1.165, 1.54) is 0 Å². The van der Waals surface area contributed by atoms with Crippen molar-refractivity contribution in [1.82, 2.24) is 24.7 Å². The molecule has 0 aliphatic heterocycles. The van der Waals surface area contributed by atoms with Crippen molar-refractivity contribution in [2.75, 3.05) is 17.7 Å². The van der Waals surface area contributed by atoms with Crippen LogP contribution in [0, 0.1) is 6.92 Å². The molecule has 3 aromatic rings. The van der Waals surface area contributed by atoms with E-state index in [1.807, 2.05) is 39.2 Å². The van der Waals surface area contributed by atoms with E-state index in [1.54, 1.807) is 23.3 Å². The summed E-state index contributed by atoms with van der Waals surface area (Å²) in [6.07, 6.45) is 5.26. The fourth-order valence-electron chi connectivity index (χ4n) is 2.16. The SMILES string of the molecule is CNc1c(-c2ccnc(Nc3ccc(C)nc3)n2)cnn1C. The van der Waals surface area contributed by atoms with Crippen molar-refractivity contribution in [1.29, 1.82) is 0 Å². The average Bonchev–Trinajstić information content (AvgIpc) is 2.91. The topological polar surface area (TPSA) is 80.6 Å². The van der Waals surface area contributed by atoms with Crippen LogP contribution in [0.15, 0.2) is 36.8 Å². The van der Waals surface area contributed by atoms with Crippen molar-refractivity contribution in [2.24, 2.45) is 7.05 Å². The molecule has 2 N–H and O–H groups in total. The molecule has 112 valence electrons. The Morgan fingerprint density at radius 1 is 1.09 bits per heavy atom. The van der Waals surface area contributed by atoms with Gasteiger partial charge in [0.2, 0.25) is 5.95 Å². The predicted molar refractivity (Wildman–Crippen MR) is 86.0 cm³/mol. The minimum absolute atomic E-state index is 0.522. The Bertz CT molecular complexity index is 777. The molecule has 0 aromatic carbocycles. The Morgan fingerprint density at radius 2 is 1.95 bits per heavy atom. The molecule has 0 fully saturated rings. The van der Waals surface area contributed by atoms with Crippen LogP contribution in [0.4, 0.5) is 17.5 Å². The summed E-state index contributed by atoms with van der Waals surface area (Å²) in [5.74, 6) is 1.43. The van der Waals surface area contributed by atoms with Gasteiger partial charge in [-0.3, -0.25) is 9.67 Å². The van der Waals surface area contributed by atoms with Crippen molar-refractivity contribution in [3.63, 3.8) is 0 Å². The number of nitrogens with zero attached hydrogens (tertiary/aromatic N) is 5. The van der Waals surface area contributed by atoms with Gasteiger partial charge >= 0.3 is 0 Å². The molecule has 0 atom stereocenters. The van der Waals surface area contributed by atoms with Gasteiger partial charge in [-0.2, -0.15) is 5.10 Å². The first kappa shape index (κ1) is 14.0. The van der Waals surface area contributed by atoms with Crippen LogP contribution < -0.4 is 10.6 Å². The molecule has 0 aliphatic carbocycles. The molecule has 7 heteroatoms. The number of aromatic nitrogens is 5. The summed E-state index contributed by atoms with van der Waals surface area (Å²) in [5.41, 5.74) is 3.55. The van der Waals surface area contributed by atoms with Gasteiger partial charge in [0, 0.05) is 26.0 Å². The zero-order valence-electron chi connectivity index (χ0n) is 12.7. The van der Waals surface area contributed by atoms with E-state index in [2.05, 4.69) is 30.7 Å². The summed E-state index contributed by atoms with van der Waals surface area (Å²) in [6.45, 7) is 1.95. The standard InChI is InChI=1S/C15H17N7/c1-10-4-5-11(8-18-10)20-15-17-7-6-13(21-15)12-9-19-22(3)14(12)16-2/h4-9,16H,1-3H3,(H,17,20,21). The number of hydrogen-bond donors (Lipinski definition) is 2. The zero-order chi connectivity index (χ0) is 15.5. The van der Waals surface area contributed by atoms with Gasteiger partial charge in [0.05, 0.1) is 29.3 Å². The molecule has 3 aromatic heterocycles. The fraction of sp³-hybridized carbons (Fsp3) is 0.200. The third-order valence-corrected chi connectivity index (χ3v) is 3.27. The molecule has 0 aliphatic rings. The number of aryl methyl sites for hydroxylation is 2. The monoisotopic (exact) mass is 295 g/mol. The third-order valence-electron chi connectivity index (χ3n) is 3.27. The van der Waals surface area contributed by atoms with E-state index in [9.17, 15) is 0 Å². The molecule has 0 saturated carbocycles. The Balaban J connectivity index is 1.90. The molecule has 7 nitrogen and oxygen atoms in total. The van der Waals surface area contributed by atoms with Crippen LogP contribution in [0.2, 0.25) is 0 Å². The molecule has 3 rings (SSSR count). The Kier molecular flexibility index (Phi) is 3.69. The number of anilines is 3. The molecule has 0 bridgehead atoms. The van der Waals surface area contributed by atoms with Gasteiger partial charge < -0.3 is 10.6 Å². The molecular formula is C15H17N7. The van der Waals surface area contributed by atoms with E-state index < -0.39 is 0 Å². The fourth-order valence-corrected chi connectivity index (χ4v) is 2.16. The number of rotatable bonds is 4. The minimum Gasteiger partial charge on any atom is -0.373 e. The van der Waals surface area contributed by atoms with Gasteiger partial charge in [-0.15, -0.1) is 0 Å². The summed E-state index contributed by atoms with van der Waals surface area (Å²) >= 11 is 0. The van der Waals surface area contributed by atoms with Crippen LogP contribution in [0.25, 0.3) is 11.3 Å². The Morgan fingerprint density at radius 3 is 2.68 bits per heavy atom. The van der Waals surface area contributed by atoms with Crippen LogP contribution in [0.1, 0.15) is 5.69 Å². The summed E-state index contributed by atoms with van der Waals surface area (Å²) in [6, 6.07) is 5.74. The van der Waals surface area contributed by atoms with E-state index in [4.69, 9.17) is 0 Å². The van der Waals surface area contributed by atoms with Crippen LogP contribution in [-0.4, -0.2) is 31.8 Å². The Hall–Kier alpha value is -2.96. The van der Waals surface area contributed by atoms with Crippen molar-refractivity contribution in [2.45, 2.75) is 6.92 Å². The average molecular weight is 295 g/mol. The lowest BCUT2D eigenvalue weighted by Crippen LogP contribution is -2.01. The van der Waals surface area contributed by atoms with Gasteiger partial charge in [0.25, 0.3) is 0 Å².